The third kappa shape index (κ3) is 2.94. The summed E-state index contributed by atoms with van der Waals surface area (Å²) in [6.07, 6.45) is 6.95. The Bertz CT molecular complexity index is 738. The van der Waals surface area contributed by atoms with Crippen LogP contribution in [0, 0.1) is 6.92 Å². The molecule has 0 saturated heterocycles. The van der Waals surface area contributed by atoms with Crippen LogP contribution in [-0.4, -0.2) is 29.7 Å². The van der Waals surface area contributed by atoms with E-state index in [0.717, 1.165) is 11.1 Å². The molecule has 8 heteroatoms. The molecule has 3 heterocycles. The zero-order valence-corrected chi connectivity index (χ0v) is 11.4. The van der Waals surface area contributed by atoms with Crippen LogP contribution in [0.4, 0.5) is 11.9 Å². The first-order chi connectivity index (χ1) is 10.2. The van der Waals surface area contributed by atoms with E-state index in [1.54, 1.807) is 24.7 Å². The van der Waals surface area contributed by atoms with Crippen LogP contribution in [0.1, 0.15) is 11.1 Å². The van der Waals surface area contributed by atoms with E-state index < -0.39 is 0 Å². The smallest absolute Gasteiger partial charge is 0.257 e. The summed E-state index contributed by atoms with van der Waals surface area (Å²) < 4.78 is 1.53. The number of hydrogen-bond acceptors (Lipinski definition) is 7. The van der Waals surface area contributed by atoms with Crippen LogP contribution in [0.5, 0.6) is 0 Å². The van der Waals surface area contributed by atoms with E-state index in [1.807, 2.05) is 19.2 Å². The summed E-state index contributed by atoms with van der Waals surface area (Å²) in [5, 5.41) is 7.21. The third-order valence-electron chi connectivity index (χ3n) is 2.92. The summed E-state index contributed by atoms with van der Waals surface area (Å²) in [6, 6.07) is 3.73. The van der Waals surface area contributed by atoms with Crippen LogP contribution in [-0.2, 0) is 6.54 Å². The number of hydrogen-bond donors (Lipinski definition) is 2. The first-order valence-electron chi connectivity index (χ1n) is 6.37. The number of nitrogens with one attached hydrogen (secondary N) is 1. The molecule has 0 bridgehead atoms. The van der Waals surface area contributed by atoms with E-state index >= 15 is 0 Å². The molecule has 0 radical (unpaired) electrons. The maximum atomic E-state index is 5.71. The fourth-order valence-corrected chi connectivity index (χ4v) is 1.82. The Hall–Kier alpha value is -3.03. The number of nitrogens with zero attached hydrogens (tertiary/aromatic N) is 6. The number of rotatable bonds is 4. The molecule has 0 amide bonds. The van der Waals surface area contributed by atoms with E-state index in [0.29, 0.717) is 18.4 Å². The van der Waals surface area contributed by atoms with Gasteiger partial charge in [-0.1, -0.05) is 0 Å². The van der Waals surface area contributed by atoms with Crippen molar-refractivity contribution in [1.29, 1.82) is 0 Å². The van der Waals surface area contributed by atoms with Gasteiger partial charge in [-0.25, -0.2) is 4.68 Å². The van der Waals surface area contributed by atoms with Crippen molar-refractivity contribution in [2.24, 2.45) is 0 Å². The summed E-state index contributed by atoms with van der Waals surface area (Å²) in [6.45, 7) is 2.58. The van der Waals surface area contributed by atoms with E-state index in [1.165, 1.54) is 4.68 Å². The fraction of sp³-hybridized carbons (Fsp3) is 0.154. The van der Waals surface area contributed by atoms with Crippen molar-refractivity contribution >= 4 is 11.9 Å². The normalized spacial score (nSPS) is 10.5. The first-order valence-corrected chi connectivity index (χ1v) is 6.37. The van der Waals surface area contributed by atoms with Crippen LogP contribution in [0.15, 0.2) is 36.9 Å². The summed E-state index contributed by atoms with van der Waals surface area (Å²) in [5.41, 5.74) is 7.92. The molecular weight excluding hydrogens is 268 g/mol. The van der Waals surface area contributed by atoms with E-state index in [2.05, 4.69) is 30.4 Å². The first kappa shape index (κ1) is 13.0. The lowest BCUT2D eigenvalue weighted by Gasteiger charge is -2.08. The molecule has 3 rings (SSSR count). The maximum absolute atomic E-state index is 5.71. The average Bonchev–Trinajstić information content (AvgIpc) is 3.00. The lowest BCUT2D eigenvalue weighted by molar-refractivity contribution is 0.798. The van der Waals surface area contributed by atoms with Gasteiger partial charge in [0.2, 0.25) is 11.9 Å². The van der Waals surface area contributed by atoms with Gasteiger partial charge in [0, 0.05) is 31.3 Å². The number of nitrogen functional groups attached to an aromatic ring is 1. The monoisotopic (exact) mass is 282 g/mol. The molecule has 106 valence electrons. The SMILES string of the molecule is Cc1cnccc1CNc1nc(N)nc(-n2cccn2)n1. The summed E-state index contributed by atoms with van der Waals surface area (Å²) in [5.74, 6) is 0.926. The molecule has 3 aromatic rings. The summed E-state index contributed by atoms with van der Waals surface area (Å²) >= 11 is 0. The Morgan fingerprint density at radius 2 is 2.14 bits per heavy atom. The van der Waals surface area contributed by atoms with Gasteiger partial charge in [0.15, 0.2) is 0 Å². The molecule has 0 aliphatic rings. The molecule has 0 unspecified atom stereocenters. The van der Waals surface area contributed by atoms with Crippen molar-refractivity contribution in [3.63, 3.8) is 0 Å². The largest absolute Gasteiger partial charge is 0.368 e. The molecule has 3 aromatic heterocycles. The van der Waals surface area contributed by atoms with Gasteiger partial charge in [0.05, 0.1) is 0 Å². The molecule has 21 heavy (non-hydrogen) atoms. The Morgan fingerprint density at radius 3 is 2.90 bits per heavy atom. The summed E-state index contributed by atoms with van der Waals surface area (Å²) in [7, 11) is 0. The van der Waals surface area contributed by atoms with Crippen LogP contribution in [0.2, 0.25) is 0 Å². The second-order valence-corrected chi connectivity index (χ2v) is 4.42. The van der Waals surface area contributed by atoms with Crippen molar-refractivity contribution < 1.29 is 0 Å². The lowest BCUT2D eigenvalue weighted by Crippen LogP contribution is -2.11. The molecule has 3 N–H and O–H groups in total. The molecule has 8 nitrogen and oxygen atoms in total. The second-order valence-electron chi connectivity index (χ2n) is 4.42. The maximum Gasteiger partial charge on any atom is 0.257 e. The topological polar surface area (TPSA) is 107 Å². The average molecular weight is 282 g/mol. The Labute approximate surface area is 121 Å². The van der Waals surface area contributed by atoms with E-state index in [9.17, 15) is 0 Å². The zero-order chi connectivity index (χ0) is 14.7. The highest BCUT2D eigenvalue weighted by atomic mass is 15.4. The van der Waals surface area contributed by atoms with Gasteiger partial charge >= 0.3 is 0 Å². The van der Waals surface area contributed by atoms with Crippen LogP contribution >= 0.6 is 0 Å². The minimum absolute atomic E-state index is 0.143. The van der Waals surface area contributed by atoms with Gasteiger partial charge in [0.25, 0.3) is 5.95 Å². The standard InChI is InChI=1S/C13H14N8/c1-9-7-15-5-3-10(9)8-16-12-18-11(14)19-13(20-12)21-6-2-4-17-21/h2-7H,8H2,1H3,(H3,14,16,18,19,20). The van der Waals surface area contributed by atoms with Crippen molar-refractivity contribution in [3.05, 3.63) is 48.0 Å². The number of aromatic nitrogens is 6. The molecule has 0 atom stereocenters. The zero-order valence-electron chi connectivity index (χ0n) is 11.4. The predicted octanol–water partition coefficient (Wildman–Crippen LogP) is 0.955. The minimum Gasteiger partial charge on any atom is -0.368 e. The van der Waals surface area contributed by atoms with Gasteiger partial charge in [-0.05, 0) is 30.2 Å². The number of nitrogens with two attached hydrogens (primary N) is 1. The highest BCUT2D eigenvalue weighted by molar-refractivity contribution is 5.36. The number of aryl methyl sites for hydroxylation is 1. The van der Waals surface area contributed by atoms with Gasteiger partial charge < -0.3 is 11.1 Å². The van der Waals surface area contributed by atoms with E-state index in [-0.39, 0.29) is 5.95 Å². The van der Waals surface area contributed by atoms with Crippen molar-refractivity contribution in [2.45, 2.75) is 13.5 Å². The molecule has 0 aliphatic heterocycles. The van der Waals surface area contributed by atoms with Crippen molar-refractivity contribution in [1.82, 2.24) is 29.7 Å². The van der Waals surface area contributed by atoms with Gasteiger partial charge in [0.1, 0.15) is 0 Å². The van der Waals surface area contributed by atoms with Gasteiger partial charge in [-0.15, -0.1) is 0 Å². The quantitative estimate of drug-likeness (QED) is 0.733. The molecule has 0 saturated carbocycles. The van der Waals surface area contributed by atoms with Gasteiger partial charge in [-0.3, -0.25) is 4.98 Å². The predicted molar refractivity (Wildman–Crippen MR) is 77.7 cm³/mol. The summed E-state index contributed by atoms with van der Waals surface area (Å²) in [4.78, 5) is 16.5. The second kappa shape index (κ2) is 5.53. The molecule has 0 fully saturated rings. The van der Waals surface area contributed by atoms with Crippen LogP contribution < -0.4 is 11.1 Å². The molecule has 0 spiro atoms. The fourth-order valence-electron chi connectivity index (χ4n) is 1.82. The highest BCUT2D eigenvalue weighted by Gasteiger charge is 2.07. The Balaban J connectivity index is 1.81. The van der Waals surface area contributed by atoms with Crippen LogP contribution in [0.3, 0.4) is 0 Å². The molecule has 0 aliphatic carbocycles. The van der Waals surface area contributed by atoms with Gasteiger partial charge in [-0.2, -0.15) is 20.1 Å². The Morgan fingerprint density at radius 1 is 1.24 bits per heavy atom. The lowest BCUT2D eigenvalue weighted by atomic mass is 10.1. The van der Waals surface area contributed by atoms with Crippen LogP contribution in [0.25, 0.3) is 5.95 Å². The Kier molecular flexibility index (Phi) is 3.42. The van der Waals surface area contributed by atoms with Crippen molar-refractivity contribution in [3.8, 4) is 5.95 Å². The van der Waals surface area contributed by atoms with Crippen molar-refractivity contribution in [2.75, 3.05) is 11.1 Å². The number of pyridine rings is 1. The number of anilines is 2. The third-order valence-corrected chi connectivity index (χ3v) is 2.92. The highest BCUT2D eigenvalue weighted by Crippen LogP contribution is 2.10. The molecule has 0 aromatic carbocycles. The van der Waals surface area contributed by atoms with E-state index in [4.69, 9.17) is 5.73 Å². The minimum atomic E-state index is 0.143. The molecular formula is C13H14N8.